The molecular formula is C14H13N3S. The van der Waals surface area contributed by atoms with E-state index in [1.807, 2.05) is 19.4 Å². The van der Waals surface area contributed by atoms with Gasteiger partial charge >= 0.3 is 0 Å². The van der Waals surface area contributed by atoms with Crippen LogP contribution in [0, 0.1) is 0 Å². The van der Waals surface area contributed by atoms with Gasteiger partial charge in [0.25, 0.3) is 0 Å². The molecule has 0 spiro atoms. The van der Waals surface area contributed by atoms with Crippen LogP contribution in [0.3, 0.4) is 0 Å². The first-order valence-corrected chi connectivity index (χ1v) is 6.66. The van der Waals surface area contributed by atoms with Gasteiger partial charge in [0.15, 0.2) is 0 Å². The molecule has 4 heteroatoms. The summed E-state index contributed by atoms with van der Waals surface area (Å²) in [6.45, 7) is 0. The first-order chi connectivity index (χ1) is 8.90. The van der Waals surface area contributed by atoms with Crippen LogP contribution in [-0.4, -0.2) is 17.0 Å². The quantitative estimate of drug-likeness (QED) is 0.781. The smallest absolute Gasteiger partial charge is 0.115 e. The molecule has 90 valence electrons. The van der Waals surface area contributed by atoms with Crippen molar-refractivity contribution < 1.29 is 0 Å². The average Bonchev–Trinajstić information content (AvgIpc) is 2.90. The summed E-state index contributed by atoms with van der Waals surface area (Å²) in [5.41, 5.74) is 2.36. The van der Waals surface area contributed by atoms with Crippen molar-refractivity contribution in [2.75, 3.05) is 7.05 Å². The number of nitrogens with zero attached hydrogens (tertiary/aromatic N) is 2. The summed E-state index contributed by atoms with van der Waals surface area (Å²) < 4.78 is 1.32. The van der Waals surface area contributed by atoms with Crippen molar-refractivity contribution in [3.63, 3.8) is 0 Å². The van der Waals surface area contributed by atoms with Crippen LogP contribution in [0.2, 0.25) is 0 Å². The molecule has 0 aliphatic rings. The first-order valence-electron chi connectivity index (χ1n) is 5.78. The fourth-order valence-electron chi connectivity index (χ4n) is 2.20. The molecule has 0 saturated carbocycles. The Bertz CT molecular complexity index is 648. The molecule has 1 aromatic carbocycles. The molecule has 3 rings (SSSR count). The third kappa shape index (κ3) is 1.89. The van der Waals surface area contributed by atoms with E-state index in [1.165, 1.54) is 15.6 Å². The Kier molecular flexibility index (Phi) is 3.04. The van der Waals surface area contributed by atoms with Crippen LogP contribution in [0.1, 0.15) is 17.2 Å². The Morgan fingerprint density at radius 1 is 1.17 bits per heavy atom. The topological polar surface area (TPSA) is 37.8 Å². The van der Waals surface area contributed by atoms with Gasteiger partial charge in [-0.05, 0) is 29.4 Å². The monoisotopic (exact) mass is 255 g/mol. The predicted molar refractivity (Wildman–Crippen MR) is 74.8 cm³/mol. The van der Waals surface area contributed by atoms with Crippen LogP contribution in [0.25, 0.3) is 10.1 Å². The van der Waals surface area contributed by atoms with Crippen molar-refractivity contribution in [1.82, 2.24) is 15.3 Å². The van der Waals surface area contributed by atoms with Gasteiger partial charge in [-0.3, -0.25) is 0 Å². The number of hydrogen-bond donors (Lipinski definition) is 1. The van der Waals surface area contributed by atoms with E-state index >= 15 is 0 Å². The largest absolute Gasteiger partial charge is 0.309 e. The highest BCUT2D eigenvalue weighted by Crippen LogP contribution is 2.31. The summed E-state index contributed by atoms with van der Waals surface area (Å²) in [6.07, 6.45) is 5.28. The zero-order chi connectivity index (χ0) is 12.4. The number of fused-ring (bicyclic) bond motifs is 1. The molecule has 1 atom stereocenters. The second-order valence-corrected chi connectivity index (χ2v) is 5.00. The van der Waals surface area contributed by atoms with Gasteiger partial charge in [0, 0.05) is 22.7 Å². The minimum atomic E-state index is 0.133. The van der Waals surface area contributed by atoms with E-state index in [9.17, 15) is 0 Å². The van der Waals surface area contributed by atoms with Gasteiger partial charge in [0.05, 0.1) is 6.04 Å². The van der Waals surface area contributed by atoms with E-state index < -0.39 is 0 Å². The molecule has 2 heterocycles. The summed E-state index contributed by atoms with van der Waals surface area (Å²) >= 11 is 1.77. The Labute approximate surface area is 110 Å². The molecule has 18 heavy (non-hydrogen) atoms. The van der Waals surface area contributed by atoms with Crippen LogP contribution in [0.15, 0.2) is 48.4 Å². The minimum absolute atomic E-state index is 0.133. The molecule has 0 fully saturated rings. The maximum Gasteiger partial charge on any atom is 0.115 e. The number of thiophene rings is 1. The number of rotatable bonds is 3. The molecule has 0 aliphatic heterocycles. The summed E-state index contributed by atoms with van der Waals surface area (Å²) in [4.78, 5) is 8.20. The Hall–Kier alpha value is -1.78. The molecule has 1 N–H and O–H groups in total. The van der Waals surface area contributed by atoms with E-state index in [0.717, 1.165) is 5.56 Å². The first kappa shape index (κ1) is 11.3. The van der Waals surface area contributed by atoms with E-state index in [1.54, 1.807) is 17.7 Å². The molecule has 3 aromatic rings. The highest BCUT2D eigenvalue weighted by Gasteiger charge is 2.15. The van der Waals surface area contributed by atoms with Crippen molar-refractivity contribution in [2.24, 2.45) is 0 Å². The lowest BCUT2D eigenvalue weighted by Gasteiger charge is -2.17. The predicted octanol–water partition coefficient (Wildman–Crippen LogP) is 3.00. The van der Waals surface area contributed by atoms with E-state index in [-0.39, 0.29) is 6.04 Å². The molecule has 0 bridgehead atoms. The molecule has 2 aromatic heterocycles. The van der Waals surface area contributed by atoms with Crippen molar-refractivity contribution >= 4 is 21.4 Å². The fraction of sp³-hybridized carbons (Fsp3) is 0.143. The SMILES string of the molecule is CNC(c1cncnc1)c1cccc2ccsc12. The zero-order valence-corrected chi connectivity index (χ0v) is 10.8. The summed E-state index contributed by atoms with van der Waals surface area (Å²) in [5.74, 6) is 0. The van der Waals surface area contributed by atoms with Gasteiger partial charge in [-0.2, -0.15) is 0 Å². The summed E-state index contributed by atoms with van der Waals surface area (Å²) in [6, 6.07) is 8.68. The number of benzene rings is 1. The highest BCUT2D eigenvalue weighted by atomic mass is 32.1. The highest BCUT2D eigenvalue weighted by molar-refractivity contribution is 7.17. The van der Waals surface area contributed by atoms with Crippen molar-refractivity contribution in [1.29, 1.82) is 0 Å². The third-order valence-corrected chi connectivity index (χ3v) is 4.00. The Balaban J connectivity index is 2.15. The van der Waals surface area contributed by atoms with Crippen LogP contribution in [0.5, 0.6) is 0 Å². The summed E-state index contributed by atoms with van der Waals surface area (Å²) in [7, 11) is 1.96. The molecule has 0 amide bonds. The maximum absolute atomic E-state index is 4.10. The molecule has 0 aliphatic carbocycles. The standard InChI is InChI=1S/C14H13N3S/c1-15-13(11-7-16-9-17-8-11)12-4-2-3-10-5-6-18-14(10)12/h2-9,13,15H,1H3. The van der Waals surface area contributed by atoms with Gasteiger partial charge in [0.2, 0.25) is 0 Å². The van der Waals surface area contributed by atoms with Crippen LogP contribution in [0.4, 0.5) is 0 Å². The van der Waals surface area contributed by atoms with Gasteiger partial charge < -0.3 is 5.32 Å². The van der Waals surface area contributed by atoms with Crippen molar-refractivity contribution in [3.8, 4) is 0 Å². The fourth-order valence-corrected chi connectivity index (χ4v) is 3.15. The number of nitrogens with one attached hydrogen (secondary N) is 1. The number of aromatic nitrogens is 2. The van der Waals surface area contributed by atoms with E-state index in [0.29, 0.717) is 0 Å². The van der Waals surface area contributed by atoms with Gasteiger partial charge in [-0.15, -0.1) is 11.3 Å². The van der Waals surface area contributed by atoms with Crippen LogP contribution < -0.4 is 5.32 Å². The minimum Gasteiger partial charge on any atom is -0.309 e. The third-order valence-electron chi connectivity index (χ3n) is 3.02. The van der Waals surface area contributed by atoms with Crippen molar-refractivity contribution in [3.05, 3.63) is 59.5 Å². The molecule has 0 saturated heterocycles. The van der Waals surface area contributed by atoms with Crippen LogP contribution in [-0.2, 0) is 0 Å². The second kappa shape index (κ2) is 4.84. The molecule has 3 nitrogen and oxygen atoms in total. The maximum atomic E-state index is 4.10. The Morgan fingerprint density at radius 2 is 2.00 bits per heavy atom. The van der Waals surface area contributed by atoms with E-state index in [2.05, 4.69) is 44.9 Å². The van der Waals surface area contributed by atoms with Gasteiger partial charge in [-0.1, -0.05) is 18.2 Å². The second-order valence-electron chi connectivity index (χ2n) is 4.08. The lowest BCUT2D eigenvalue weighted by Crippen LogP contribution is -2.18. The molecule has 0 radical (unpaired) electrons. The van der Waals surface area contributed by atoms with E-state index in [4.69, 9.17) is 0 Å². The lowest BCUT2D eigenvalue weighted by atomic mass is 10.0. The average molecular weight is 255 g/mol. The van der Waals surface area contributed by atoms with Crippen molar-refractivity contribution in [2.45, 2.75) is 6.04 Å². The number of hydrogen-bond acceptors (Lipinski definition) is 4. The molecule has 1 unspecified atom stereocenters. The normalized spacial score (nSPS) is 12.7. The van der Waals surface area contributed by atoms with Crippen LogP contribution >= 0.6 is 11.3 Å². The summed E-state index contributed by atoms with van der Waals surface area (Å²) in [5, 5.41) is 6.76. The molecular weight excluding hydrogens is 242 g/mol. The van der Waals surface area contributed by atoms with Gasteiger partial charge in [-0.25, -0.2) is 9.97 Å². The van der Waals surface area contributed by atoms with Gasteiger partial charge in [0.1, 0.15) is 6.33 Å². The Morgan fingerprint density at radius 3 is 2.78 bits per heavy atom. The zero-order valence-electron chi connectivity index (χ0n) is 10.00. The lowest BCUT2D eigenvalue weighted by molar-refractivity contribution is 0.690.